The highest BCUT2D eigenvalue weighted by Crippen LogP contribution is 2.24. The van der Waals surface area contributed by atoms with Crippen molar-refractivity contribution >= 4 is 11.6 Å². The highest BCUT2D eigenvalue weighted by Gasteiger charge is 2.19. The molecule has 0 aliphatic carbocycles. The summed E-state index contributed by atoms with van der Waals surface area (Å²) in [6.07, 6.45) is 1.76. The number of nitrogens with zero attached hydrogens (tertiary/aromatic N) is 3. The van der Waals surface area contributed by atoms with Gasteiger partial charge in [0.05, 0.1) is 18.9 Å². The third kappa shape index (κ3) is 4.39. The molecule has 1 aliphatic rings. The van der Waals surface area contributed by atoms with Crippen molar-refractivity contribution in [1.29, 1.82) is 0 Å². The van der Waals surface area contributed by atoms with Gasteiger partial charge in [-0.25, -0.2) is 4.68 Å². The highest BCUT2D eigenvalue weighted by molar-refractivity contribution is 6.04. The summed E-state index contributed by atoms with van der Waals surface area (Å²) >= 11 is 0. The van der Waals surface area contributed by atoms with Gasteiger partial charge in [-0.3, -0.25) is 9.69 Å². The van der Waals surface area contributed by atoms with Crippen molar-refractivity contribution in [3.8, 4) is 5.69 Å². The zero-order valence-corrected chi connectivity index (χ0v) is 16.8. The van der Waals surface area contributed by atoms with Crippen LogP contribution in [0, 0.1) is 6.92 Å². The summed E-state index contributed by atoms with van der Waals surface area (Å²) in [5, 5.41) is 7.31. The Hall–Kier alpha value is -2.96. The molecule has 1 atom stereocenters. The minimum Gasteiger partial charge on any atom is -0.379 e. The van der Waals surface area contributed by atoms with E-state index in [2.05, 4.69) is 34.4 Å². The van der Waals surface area contributed by atoms with Crippen LogP contribution < -0.4 is 5.32 Å². The summed E-state index contributed by atoms with van der Waals surface area (Å²) in [5.41, 5.74) is 4.60. The molecule has 2 heterocycles. The summed E-state index contributed by atoms with van der Waals surface area (Å²) in [4.78, 5) is 15.1. The number of nitrogens with one attached hydrogen (secondary N) is 1. The summed E-state index contributed by atoms with van der Waals surface area (Å²) in [6, 6.07) is 17.8. The van der Waals surface area contributed by atoms with E-state index in [1.807, 2.05) is 54.1 Å². The van der Waals surface area contributed by atoms with Crippen molar-refractivity contribution in [3.05, 3.63) is 77.6 Å². The number of carbonyl (C=O) groups is 1. The minimum absolute atomic E-state index is 0.120. The highest BCUT2D eigenvalue weighted by atomic mass is 16.5. The molecule has 1 saturated heterocycles. The molecule has 2 aromatic carbocycles. The number of rotatable bonds is 5. The fourth-order valence-corrected chi connectivity index (χ4v) is 3.65. The third-order valence-corrected chi connectivity index (χ3v) is 5.43. The molecule has 0 saturated carbocycles. The lowest BCUT2D eigenvalue weighted by Crippen LogP contribution is -2.38. The lowest BCUT2D eigenvalue weighted by Gasteiger charge is -2.32. The van der Waals surface area contributed by atoms with E-state index in [-0.39, 0.29) is 11.9 Å². The Morgan fingerprint density at radius 3 is 2.55 bits per heavy atom. The van der Waals surface area contributed by atoms with Crippen LogP contribution in [0.3, 0.4) is 0 Å². The zero-order valence-electron chi connectivity index (χ0n) is 16.8. The number of carbonyl (C=O) groups excluding carboxylic acids is 1. The van der Waals surface area contributed by atoms with E-state index in [9.17, 15) is 4.79 Å². The quantitative estimate of drug-likeness (QED) is 0.719. The van der Waals surface area contributed by atoms with E-state index in [4.69, 9.17) is 4.74 Å². The number of anilines is 1. The Kier molecular flexibility index (Phi) is 5.74. The smallest absolute Gasteiger partial charge is 0.255 e. The molecule has 1 unspecified atom stereocenters. The van der Waals surface area contributed by atoms with E-state index < -0.39 is 0 Å². The molecule has 1 amide bonds. The van der Waals surface area contributed by atoms with Gasteiger partial charge in [-0.05, 0) is 61.9 Å². The van der Waals surface area contributed by atoms with Crippen LogP contribution in [-0.2, 0) is 4.74 Å². The van der Waals surface area contributed by atoms with Crippen LogP contribution in [0.5, 0.6) is 0 Å². The van der Waals surface area contributed by atoms with E-state index in [0.717, 1.165) is 43.4 Å². The summed E-state index contributed by atoms with van der Waals surface area (Å²) in [6.45, 7) is 7.60. The third-order valence-electron chi connectivity index (χ3n) is 5.43. The first-order chi connectivity index (χ1) is 14.1. The van der Waals surface area contributed by atoms with Crippen LogP contribution >= 0.6 is 0 Å². The molecule has 6 nitrogen and oxygen atoms in total. The maximum Gasteiger partial charge on any atom is 0.255 e. The first-order valence-corrected chi connectivity index (χ1v) is 9.96. The van der Waals surface area contributed by atoms with Crippen LogP contribution in [0.4, 0.5) is 5.69 Å². The van der Waals surface area contributed by atoms with E-state index in [1.165, 1.54) is 5.56 Å². The number of amides is 1. The van der Waals surface area contributed by atoms with Gasteiger partial charge >= 0.3 is 0 Å². The van der Waals surface area contributed by atoms with E-state index >= 15 is 0 Å². The van der Waals surface area contributed by atoms with Gasteiger partial charge in [0.15, 0.2) is 0 Å². The molecule has 29 heavy (non-hydrogen) atoms. The Balaban J connectivity index is 1.45. The summed E-state index contributed by atoms with van der Waals surface area (Å²) < 4.78 is 7.29. The number of benzene rings is 2. The first kappa shape index (κ1) is 19.4. The normalized spacial score (nSPS) is 15.8. The fraction of sp³-hybridized carbons (Fsp3) is 0.304. The predicted molar refractivity (Wildman–Crippen MR) is 114 cm³/mol. The van der Waals surface area contributed by atoms with Gasteiger partial charge in [-0.15, -0.1) is 0 Å². The SMILES string of the molecule is Cc1ccnn1-c1ccc(C(=O)Nc2cccc(C(C)N3CCOCC3)c2)cc1. The number of morpholine rings is 1. The van der Waals surface area contributed by atoms with Crippen LogP contribution in [0.1, 0.15) is 34.6 Å². The monoisotopic (exact) mass is 390 g/mol. The van der Waals surface area contributed by atoms with E-state index in [0.29, 0.717) is 5.56 Å². The average molecular weight is 390 g/mol. The Morgan fingerprint density at radius 1 is 1.10 bits per heavy atom. The number of hydrogen-bond donors (Lipinski definition) is 1. The van der Waals surface area contributed by atoms with Gasteiger partial charge in [-0.1, -0.05) is 12.1 Å². The summed E-state index contributed by atoms with van der Waals surface area (Å²) in [5.74, 6) is -0.120. The minimum atomic E-state index is -0.120. The molecule has 3 aromatic rings. The van der Waals surface area contributed by atoms with Gasteiger partial charge < -0.3 is 10.1 Å². The molecule has 1 aromatic heterocycles. The van der Waals surface area contributed by atoms with Crippen molar-refractivity contribution in [2.45, 2.75) is 19.9 Å². The molecule has 1 N–H and O–H groups in total. The van der Waals surface area contributed by atoms with Crippen LogP contribution in [0.25, 0.3) is 5.69 Å². The maximum absolute atomic E-state index is 12.7. The predicted octanol–water partition coefficient (Wildman–Crippen LogP) is 3.83. The molecular weight excluding hydrogens is 364 g/mol. The van der Waals surface area contributed by atoms with Gasteiger partial charge in [0.1, 0.15) is 0 Å². The fourth-order valence-electron chi connectivity index (χ4n) is 3.65. The average Bonchev–Trinajstić information content (AvgIpc) is 3.20. The second-order valence-electron chi connectivity index (χ2n) is 7.34. The standard InChI is InChI=1S/C23H26N4O2/c1-17-10-11-24-27(17)22-8-6-19(7-9-22)23(28)25-21-5-3-4-20(16-21)18(2)26-12-14-29-15-13-26/h3-11,16,18H,12-15H2,1-2H3,(H,25,28). The molecule has 4 rings (SSSR count). The first-order valence-electron chi connectivity index (χ1n) is 9.96. The van der Waals surface area contributed by atoms with Gasteiger partial charge in [0.25, 0.3) is 5.91 Å². The lowest BCUT2D eigenvalue weighted by molar-refractivity contribution is 0.0199. The molecule has 1 fully saturated rings. The molecule has 150 valence electrons. The van der Waals surface area contributed by atoms with Crippen molar-refractivity contribution in [3.63, 3.8) is 0 Å². The Labute approximate surface area is 171 Å². The van der Waals surface area contributed by atoms with E-state index in [1.54, 1.807) is 6.20 Å². The Morgan fingerprint density at radius 2 is 1.86 bits per heavy atom. The number of ether oxygens (including phenoxy) is 1. The molecule has 0 spiro atoms. The van der Waals surface area contributed by atoms with Gasteiger partial charge in [-0.2, -0.15) is 5.10 Å². The molecular formula is C23H26N4O2. The van der Waals surface area contributed by atoms with Crippen LogP contribution in [-0.4, -0.2) is 46.9 Å². The van der Waals surface area contributed by atoms with Crippen molar-refractivity contribution in [2.24, 2.45) is 0 Å². The lowest BCUT2D eigenvalue weighted by atomic mass is 10.1. The summed E-state index contributed by atoms with van der Waals surface area (Å²) in [7, 11) is 0. The van der Waals surface area contributed by atoms with Crippen molar-refractivity contribution in [2.75, 3.05) is 31.6 Å². The number of aromatic nitrogens is 2. The molecule has 1 aliphatic heterocycles. The molecule has 0 radical (unpaired) electrons. The van der Waals surface area contributed by atoms with Crippen molar-refractivity contribution in [1.82, 2.24) is 14.7 Å². The topological polar surface area (TPSA) is 59.4 Å². The zero-order chi connectivity index (χ0) is 20.2. The largest absolute Gasteiger partial charge is 0.379 e. The van der Waals surface area contributed by atoms with Crippen molar-refractivity contribution < 1.29 is 9.53 Å². The molecule has 0 bridgehead atoms. The van der Waals surface area contributed by atoms with Gasteiger partial charge in [0, 0.05) is 42.3 Å². The number of aryl methyl sites for hydroxylation is 1. The van der Waals surface area contributed by atoms with Gasteiger partial charge in [0.2, 0.25) is 0 Å². The van der Waals surface area contributed by atoms with Crippen LogP contribution in [0.15, 0.2) is 60.8 Å². The Bertz CT molecular complexity index is 975. The van der Waals surface area contributed by atoms with Crippen LogP contribution in [0.2, 0.25) is 0 Å². The molecule has 6 heteroatoms. The number of hydrogen-bond acceptors (Lipinski definition) is 4. The second kappa shape index (κ2) is 8.59. The second-order valence-corrected chi connectivity index (χ2v) is 7.34. The maximum atomic E-state index is 12.7.